The molecule has 1 amide bonds. The van der Waals surface area contributed by atoms with E-state index in [9.17, 15) is 4.79 Å². The second-order valence-corrected chi connectivity index (χ2v) is 4.92. The lowest BCUT2D eigenvalue weighted by molar-refractivity contribution is -0.121. The maximum atomic E-state index is 11.9. The van der Waals surface area contributed by atoms with E-state index in [-0.39, 0.29) is 5.91 Å². The minimum Gasteiger partial charge on any atom is -0.496 e. The van der Waals surface area contributed by atoms with E-state index in [1.165, 1.54) is 0 Å². The van der Waals surface area contributed by atoms with E-state index in [0.29, 0.717) is 12.5 Å². The van der Waals surface area contributed by atoms with Crippen molar-refractivity contribution in [3.05, 3.63) is 29.8 Å². The van der Waals surface area contributed by atoms with Gasteiger partial charge in [-0.15, -0.1) is 0 Å². The Balaban J connectivity index is 1.79. The summed E-state index contributed by atoms with van der Waals surface area (Å²) < 4.78 is 5.29. The van der Waals surface area contributed by atoms with E-state index in [2.05, 4.69) is 10.6 Å². The first-order valence-corrected chi connectivity index (χ1v) is 6.91. The molecule has 0 aromatic heterocycles. The van der Waals surface area contributed by atoms with Gasteiger partial charge in [0.05, 0.1) is 7.11 Å². The third-order valence-electron chi connectivity index (χ3n) is 3.48. The predicted octanol–water partition coefficient (Wildman–Crippen LogP) is 1.50. The smallest absolute Gasteiger partial charge is 0.220 e. The molecule has 0 aliphatic carbocycles. The highest BCUT2D eigenvalue weighted by Crippen LogP contribution is 2.18. The lowest BCUT2D eigenvalue weighted by Crippen LogP contribution is -2.45. The Morgan fingerprint density at radius 2 is 2.32 bits per heavy atom. The molecular formula is C15H22N2O2. The molecule has 1 atom stereocenters. The summed E-state index contributed by atoms with van der Waals surface area (Å²) in [7, 11) is 1.66. The summed E-state index contributed by atoms with van der Waals surface area (Å²) in [5, 5.41) is 6.38. The van der Waals surface area contributed by atoms with Crippen LogP contribution in [-0.4, -0.2) is 32.1 Å². The third-order valence-corrected chi connectivity index (χ3v) is 3.48. The molecule has 1 aliphatic heterocycles. The lowest BCUT2D eigenvalue weighted by atomic mass is 10.1. The number of methoxy groups -OCH3 is 1. The molecule has 4 nitrogen and oxygen atoms in total. The summed E-state index contributed by atoms with van der Waals surface area (Å²) in [4.78, 5) is 11.9. The summed E-state index contributed by atoms with van der Waals surface area (Å²) >= 11 is 0. The van der Waals surface area contributed by atoms with Gasteiger partial charge >= 0.3 is 0 Å². The van der Waals surface area contributed by atoms with Crippen molar-refractivity contribution in [1.82, 2.24) is 10.6 Å². The second-order valence-electron chi connectivity index (χ2n) is 4.92. The Hall–Kier alpha value is -1.55. The molecule has 1 unspecified atom stereocenters. The van der Waals surface area contributed by atoms with Crippen LogP contribution in [0.25, 0.3) is 0 Å². The number of carbonyl (C=O) groups is 1. The molecule has 1 aliphatic rings. The first kappa shape index (κ1) is 13.9. The van der Waals surface area contributed by atoms with E-state index < -0.39 is 0 Å². The van der Waals surface area contributed by atoms with Crippen LogP contribution in [-0.2, 0) is 11.2 Å². The zero-order chi connectivity index (χ0) is 13.5. The number of hydrogen-bond acceptors (Lipinski definition) is 3. The van der Waals surface area contributed by atoms with Crippen LogP contribution in [0.4, 0.5) is 0 Å². The molecule has 1 aromatic rings. The number of benzene rings is 1. The molecular weight excluding hydrogens is 240 g/mol. The molecule has 2 N–H and O–H groups in total. The van der Waals surface area contributed by atoms with Crippen molar-refractivity contribution in [2.75, 3.05) is 20.2 Å². The highest BCUT2D eigenvalue weighted by molar-refractivity contribution is 5.76. The number of para-hydroxylation sites is 1. The third kappa shape index (κ3) is 4.24. The van der Waals surface area contributed by atoms with Crippen LogP contribution in [0.2, 0.25) is 0 Å². The van der Waals surface area contributed by atoms with Crippen molar-refractivity contribution in [3.63, 3.8) is 0 Å². The van der Waals surface area contributed by atoms with Gasteiger partial charge in [0.15, 0.2) is 0 Å². The first-order valence-electron chi connectivity index (χ1n) is 6.91. The van der Waals surface area contributed by atoms with Gasteiger partial charge in [0, 0.05) is 19.0 Å². The number of hydrogen-bond donors (Lipinski definition) is 2. The lowest BCUT2D eigenvalue weighted by Gasteiger charge is -2.23. The topological polar surface area (TPSA) is 50.4 Å². The number of carbonyl (C=O) groups excluding carboxylic acids is 1. The fourth-order valence-electron chi connectivity index (χ4n) is 2.43. The van der Waals surface area contributed by atoms with Crippen molar-refractivity contribution in [3.8, 4) is 5.75 Å². The van der Waals surface area contributed by atoms with E-state index in [1.807, 2.05) is 24.3 Å². The fraction of sp³-hybridized carbons (Fsp3) is 0.533. The maximum Gasteiger partial charge on any atom is 0.220 e. The van der Waals surface area contributed by atoms with Crippen molar-refractivity contribution in [2.45, 2.75) is 31.7 Å². The highest BCUT2D eigenvalue weighted by Gasteiger charge is 2.15. The van der Waals surface area contributed by atoms with Crippen molar-refractivity contribution >= 4 is 5.91 Å². The normalized spacial score (nSPS) is 18.9. The number of piperidine rings is 1. The van der Waals surface area contributed by atoms with E-state index in [0.717, 1.165) is 43.7 Å². The van der Waals surface area contributed by atoms with Gasteiger partial charge in [0.2, 0.25) is 5.91 Å². The molecule has 19 heavy (non-hydrogen) atoms. The maximum absolute atomic E-state index is 11.9. The van der Waals surface area contributed by atoms with Gasteiger partial charge in [-0.1, -0.05) is 18.2 Å². The Kier molecular flexibility index (Phi) is 5.21. The van der Waals surface area contributed by atoms with Gasteiger partial charge in [-0.25, -0.2) is 0 Å². The van der Waals surface area contributed by atoms with Crippen LogP contribution in [0.1, 0.15) is 24.8 Å². The molecule has 104 valence electrons. The molecule has 1 saturated heterocycles. The van der Waals surface area contributed by atoms with Crippen molar-refractivity contribution < 1.29 is 9.53 Å². The average molecular weight is 262 g/mol. The van der Waals surface area contributed by atoms with Gasteiger partial charge in [-0.3, -0.25) is 4.79 Å². The molecule has 4 heteroatoms. The van der Waals surface area contributed by atoms with Gasteiger partial charge in [0.1, 0.15) is 5.75 Å². The molecule has 1 fully saturated rings. The van der Waals surface area contributed by atoms with Gasteiger partial charge < -0.3 is 15.4 Å². The predicted molar refractivity (Wildman–Crippen MR) is 75.3 cm³/mol. The minimum atomic E-state index is 0.125. The molecule has 0 spiro atoms. The monoisotopic (exact) mass is 262 g/mol. The molecule has 2 rings (SSSR count). The van der Waals surface area contributed by atoms with Crippen LogP contribution in [0.15, 0.2) is 24.3 Å². The molecule has 1 heterocycles. The van der Waals surface area contributed by atoms with Gasteiger partial charge in [-0.2, -0.15) is 0 Å². The van der Waals surface area contributed by atoms with Crippen molar-refractivity contribution in [1.29, 1.82) is 0 Å². The fourth-order valence-corrected chi connectivity index (χ4v) is 2.43. The largest absolute Gasteiger partial charge is 0.496 e. The number of rotatable bonds is 5. The Labute approximate surface area is 114 Å². The van der Waals surface area contributed by atoms with Crippen LogP contribution in [0, 0.1) is 0 Å². The van der Waals surface area contributed by atoms with Gasteiger partial charge in [-0.05, 0) is 37.4 Å². The average Bonchev–Trinajstić information content (AvgIpc) is 2.46. The first-order chi connectivity index (χ1) is 9.29. The van der Waals surface area contributed by atoms with Crippen LogP contribution >= 0.6 is 0 Å². The van der Waals surface area contributed by atoms with Gasteiger partial charge in [0.25, 0.3) is 0 Å². The van der Waals surface area contributed by atoms with E-state index in [4.69, 9.17) is 4.74 Å². The zero-order valence-corrected chi connectivity index (χ0v) is 11.4. The quantitative estimate of drug-likeness (QED) is 0.845. The standard InChI is InChI=1S/C15H22N2O2/c1-19-14-7-3-2-5-12(14)8-9-15(18)17-13-6-4-10-16-11-13/h2-3,5,7,13,16H,4,6,8-11H2,1H3,(H,17,18). The Morgan fingerprint density at radius 3 is 3.05 bits per heavy atom. The highest BCUT2D eigenvalue weighted by atomic mass is 16.5. The van der Waals surface area contributed by atoms with Crippen molar-refractivity contribution in [2.24, 2.45) is 0 Å². The molecule has 0 radical (unpaired) electrons. The molecule has 0 bridgehead atoms. The van der Waals surface area contributed by atoms with Crippen LogP contribution in [0.5, 0.6) is 5.75 Å². The zero-order valence-electron chi connectivity index (χ0n) is 11.4. The summed E-state index contributed by atoms with van der Waals surface area (Å²) in [5.41, 5.74) is 1.09. The Bertz CT molecular complexity index is 414. The molecule has 0 saturated carbocycles. The van der Waals surface area contributed by atoms with E-state index >= 15 is 0 Å². The van der Waals surface area contributed by atoms with Crippen LogP contribution in [0.3, 0.4) is 0 Å². The summed E-state index contributed by atoms with van der Waals surface area (Å²) in [5.74, 6) is 0.981. The number of aryl methyl sites for hydroxylation is 1. The summed E-state index contributed by atoms with van der Waals surface area (Å²) in [6.45, 7) is 1.95. The number of nitrogens with one attached hydrogen (secondary N) is 2. The Morgan fingerprint density at radius 1 is 1.47 bits per heavy atom. The number of ether oxygens (including phenoxy) is 1. The summed E-state index contributed by atoms with van der Waals surface area (Å²) in [6.07, 6.45) is 3.44. The van der Waals surface area contributed by atoms with Crippen LogP contribution < -0.4 is 15.4 Å². The second kappa shape index (κ2) is 7.14. The minimum absolute atomic E-state index is 0.125. The summed E-state index contributed by atoms with van der Waals surface area (Å²) in [6, 6.07) is 8.14. The number of amides is 1. The SMILES string of the molecule is COc1ccccc1CCC(=O)NC1CCCNC1. The van der Waals surface area contributed by atoms with E-state index in [1.54, 1.807) is 7.11 Å². The molecule has 1 aromatic carbocycles.